The minimum absolute atomic E-state index is 0.252. The van der Waals surface area contributed by atoms with Gasteiger partial charge in [0, 0.05) is 6.04 Å². The first-order valence-corrected chi connectivity index (χ1v) is 6.41. The fourth-order valence-corrected chi connectivity index (χ4v) is 1.37. The van der Waals surface area contributed by atoms with E-state index in [9.17, 15) is 9.59 Å². The molecule has 0 saturated carbocycles. The van der Waals surface area contributed by atoms with Gasteiger partial charge in [0.2, 0.25) is 0 Å². The number of carboxylic acids is 1. The first kappa shape index (κ1) is 17.7. The second-order valence-corrected chi connectivity index (χ2v) is 5.93. The summed E-state index contributed by atoms with van der Waals surface area (Å²) in [7, 11) is 3.86. The van der Waals surface area contributed by atoms with Crippen LogP contribution in [0.1, 0.15) is 40.5 Å². The number of amides is 1. The van der Waals surface area contributed by atoms with E-state index in [0.29, 0.717) is 12.8 Å². The molecule has 0 aliphatic carbocycles. The molecule has 0 spiro atoms. The molecule has 2 unspecified atom stereocenters. The molecule has 0 heterocycles. The molecule has 0 rings (SSSR count). The van der Waals surface area contributed by atoms with Gasteiger partial charge in [-0.1, -0.05) is 0 Å². The van der Waals surface area contributed by atoms with Gasteiger partial charge in [-0.25, -0.2) is 9.59 Å². The molecule has 112 valence electrons. The van der Waals surface area contributed by atoms with Crippen LogP contribution in [0.25, 0.3) is 0 Å². The summed E-state index contributed by atoms with van der Waals surface area (Å²) in [4.78, 5) is 24.7. The summed E-state index contributed by atoms with van der Waals surface area (Å²) >= 11 is 0. The third-order valence-corrected chi connectivity index (χ3v) is 2.74. The van der Waals surface area contributed by atoms with Gasteiger partial charge in [-0.05, 0) is 54.6 Å². The number of nitrogens with one attached hydrogen (secondary N) is 1. The Morgan fingerprint density at radius 2 is 1.79 bits per heavy atom. The Bertz CT molecular complexity index is 310. The lowest BCUT2D eigenvalue weighted by atomic mass is 10.1. The summed E-state index contributed by atoms with van der Waals surface area (Å²) in [5.74, 6) is -1.04. The zero-order valence-corrected chi connectivity index (χ0v) is 12.7. The van der Waals surface area contributed by atoms with Gasteiger partial charge in [-0.3, -0.25) is 0 Å². The Hall–Kier alpha value is -1.30. The number of hydrogen-bond donors (Lipinski definition) is 2. The fraction of sp³-hybridized carbons (Fsp3) is 0.846. The Balaban J connectivity index is 4.35. The van der Waals surface area contributed by atoms with Crippen molar-refractivity contribution in [3.05, 3.63) is 0 Å². The lowest BCUT2D eigenvalue weighted by Gasteiger charge is -2.24. The predicted molar refractivity (Wildman–Crippen MR) is 73.2 cm³/mol. The van der Waals surface area contributed by atoms with Gasteiger partial charge in [0.1, 0.15) is 11.6 Å². The molecule has 0 aromatic heterocycles. The van der Waals surface area contributed by atoms with Crippen molar-refractivity contribution in [3.63, 3.8) is 0 Å². The number of carbonyl (C=O) groups is 2. The molecule has 6 nitrogen and oxygen atoms in total. The molecule has 0 aliphatic heterocycles. The topological polar surface area (TPSA) is 78.9 Å². The number of nitrogens with zero attached hydrogens (tertiary/aromatic N) is 1. The summed E-state index contributed by atoms with van der Waals surface area (Å²) < 4.78 is 5.05. The van der Waals surface area contributed by atoms with E-state index in [1.165, 1.54) is 0 Å². The fourth-order valence-electron chi connectivity index (χ4n) is 1.37. The molecule has 0 radical (unpaired) electrons. The zero-order valence-electron chi connectivity index (χ0n) is 12.7. The van der Waals surface area contributed by atoms with Crippen LogP contribution >= 0.6 is 0 Å². The highest BCUT2D eigenvalue weighted by Crippen LogP contribution is 2.09. The molecular weight excluding hydrogens is 248 g/mol. The van der Waals surface area contributed by atoms with E-state index >= 15 is 0 Å². The van der Waals surface area contributed by atoms with Crippen molar-refractivity contribution in [2.75, 3.05) is 14.1 Å². The Kier molecular flexibility index (Phi) is 6.83. The molecule has 0 aromatic rings. The first-order valence-electron chi connectivity index (χ1n) is 6.41. The van der Waals surface area contributed by atoms with Gasteiger partial charge in [-0.15, -0.1) is 0 Å². The molecule has 0 bridgehead atoms. The third kappa shape index (κ3) is 8.42. The van der Waals surface area contributed by atoms with Crippen LogP contribution in [0.5, 0.6) is 0 Å². The lowest BCUT2D eigenvalue weighted by molar-refractivity contribution is -0.139. The number of ether oxygens (including phenoxy) is 1. The monoisotopic (exact) mass is 274 g/mol. The van der Waals surface area contributed by atoms with Gasteiger partial charge in [0.15, 0.2) is 0 Å². The predicted octanol–water partition coefficient (Wildman–Crippen LogP) is 1.69. The van der Waals surface area contributed by atoms with E-state index in [2.05, 4.69) is 5.32 Å². The number of carboxylic acid groups (broad SMARTS) is 1. The zero-order chi connectivity index (χ0) is 15.2. The van der Waals surface area contributed by atoms with Crippen LogP contribution in [-0.4, -0.2) is 53.8 Å². The maximum absolute atomic E-state index is 11.5. The van der Waals surface area contributed by atoms with Gasteiger partial charge >= 0.3 is 12.1 Å². The van der Waals surface area contributed by atoms with Crippen LogP contribution in [0, 0.1) is 0 Å². The second kappa shape index (κ2) is 7.33. The number of rotatable bonds is 6. The molecular formula is C13H26N2O4. The average molecular weight is 274 g/mol. The summed E-state index contributed by atoms with van der Waals surface area (Å²) in [5, 5.41) is 11.5. The number of carbonyl (C=O) groups excluding carboxylic acids is 1. The Morgan fingerprint density at radius 3 is 2.16 bits per heavy atom. The number of aliphatic carboxylic acids is 1. The van der Waals surface area contributed by atoms with Crippen molar-refractivity contribution in [2.24, 2.45) is 0 Å². The molecule has 2 N–H and O–H groups in total. The molecule has 0 saturated heterocycles. The van der Waals surface area contributed by atoms with E-state index in [1.54, 1.807) is 20.8 Å². The standard InChI is InChI=1S/C13H26N2O4/c1-9(15(5)6)7-8-10(11(16)17)14-12(18)19-13(2,3)4/h9-10H,7-8H2,1-6H3,(H,14,18)(H,16,17). The van der Waals surface area contributed by atoms with Crippen LogP contribution in [0.3, 0.4) is 0 Å². The summed E-state index contributed by atoms with van der Waals surface area (Å²) in [6.45, 7) is 7.20. The molecule has 1 amide bonds. The van der Waals surface area contributed by atoms with Crippen molar-refractivity contribution >= 4 is 12.1 Å². The van der Waals surface area contributed by atoms with Crippen LogP contribution in [0.2, 0.25) is 0 Å². The molecule has 2 atom stereocenters. The maximum Gasteiger partial charge on any atom is 0.408 e. The van der Waals surface area contributed by atoms with E-state index in [0.717, 1.165) is 0 Å². The molecule has 0 aromatic carbocycles. The Labute approximate surface area is 115 Å². The SMILES string of the molecule is CC(CCC(NC(=O)OC(C)(C)C)C(=O)O)N(C)C. The third-order valence-electron chi connectivity index (χ3n) is 2.74. The Morgan fingerprint density at radius 1 is 1.26 bits per heavy atom. The van der Waals surface area contributed by atoms with Crippen LogP contribution in [-0.2, 0) is 9.53 Å². The van der Waals surface area contributed by atoms with Gasteiger partial charge in [0.05, 0.1) is 0 Å². The lowest BCUT2D eigenvalue weighted by Crippen LogP contribution is -2.44. The van der Waals surface area contributed by atoms with Gasteiger partial charge < -0.3 is 20.1 Å². The molecule has 6 heteroatoms. The summed E-state index contributed by atoms with van der Waals surface area (Å²) in [6, 6.07) is -0.667. The van der Waals surface area contributed by atoms with Crippen molar-refractivity contribution in [3.8, 4) is 0 Å². The molecule has 0 aliphatic rings. The van der Waals surface area contributed by atoms with Gasteiger partial charge in [-0.2, -0.15) is 0 Å². The van der Waals surface area contributed by atoms with E-state index in [4.69, 9.17) is 9.84 Å². The molecule has 0 fully saturated rings. The summed E-state index contributed by atoms with van der Waals surface area (Å²) in [6.07, 6.45) is 0.352. The van der Waals surface area contributed by atoms with E-state index < -0.39 is 23.7 Å². The first-order chi connectivity index (χ1) is 8.53. The van der Waals surface area contributed by atoms with Crippen molar-refractivity contribution in [2.45, 2.75) is 58.2 Å². The summed E-state index contributed by atoms with van der Waals surface area (Å²) in [5.41, 5.74) is -0.635. The highest BCUT2D eigenvalue weighted by atomic mass is 16.6. The van der Waals surface area contributed by atoms with Gasteiger partial charge in [0.25, 0.3) is 0 Å². The maximum atomic E-state index is 11.5. The minimum Gasteiger partial charge on any atom is -0.480 e. The highest BCUT2D eigenvalue weighted by Gasteiger charge is 2.24. The highest BCUT2D eigenvalue weighted by molar-refractivity contribution is 5.79. The van der Waals surface area contributed by atoms with Crippen molar-refractivity contribution < 1.29 is 19.4 Å². The van der Waals surface area contributed by atoms with Crippen LogP contribution < -0.4 is 5.32 Å². The second-order valence-electron chi connectivity index (χ2n) is 5.93. The normalized spacial score (nSPS) is 14.9. The number of alkyl carbamates (subject to hydrolysis) is 1. The smallest absolute Gasteiger partial charge is 0.408 e. The van der Waals surface area contributed by atoms with Crippen molar-refractivity contribution in [1.29, 1.82) is 0 Å². The van der Waals surface area contributed by atoms with Crippen LogP contribution in [0.15, 0.2) is 0 Å². The quantitative estimate of drug-likeness (QED) is 0.770. The average Bonchev–Trinajstić information content (AvgIpc) is 2.20. The van der Waals surface area contributed by atoms with Crippen molar-refractivity contribution in [1.82, 2.24) is 10.2 Å². The minimum atomic E-state index is -1.04. The molecule has 19 heavy (non-hydrogen) atoms. The largest absolute Gasteiger partial charge is 0.480 e. The van der Waals surface area contributed by atoms with Crippen LogP contribution in [0.4, 0.5) is 4.79 Å². The van der Waals surface area contributed by atoms with E-state index in [1.807, 2.05) is 25.9 Å². The van der Waals surface area contributed by atoms with E-state index in [-0.39, 0.29) is 6.04 Å². The number of hydrogen-bond acceptors (Lipinski definition) is 4.